The van der Waals surface area contributed by atoms with Crippen LogP contribution in [0.5, 0.6) is 0 Å². The molecule has 0 spiro atoms. The molecule has 1 aliphatic heterocycles. The number of aromatic nitrogens is 2. The molecule has 3 rings (SSSR count). The number of hydrogen-bond donors (Lipinski definition) is 2. The summed E-state index contributed by atoms with van der Waals surface area (Å²) in [5.74, 6) is -0.527. The molecule has 1 aliphatic rings. The van der Waals surface area contributed by atoms with Crippen molar-refractivity contribution in [1.82, 2.24) is 20.2 Å². The normalized spacial score (nSPS) is 17.7. The molecule has 6 heteroatoms. The molecule has 1 aromatic heterocycles. The maximum Gasteiger partial charge on any atom is 0.267 e. The Balaban J connectivity index is 1.64. The second-order valence-electron chi connectivity index (χ2n) is 7.19. The van der Waals surface area contributed by atoms with Crippen molar-refractivity contribution in [3.63, 3.8) is 0 Å². The Morgan fingerprint density at radius 1 is 1.26 bits per heavy atom. The van der Waals surface area contributed by atoms with Crippen LogP contribution in [0.15, 0.2) is 30.3 Å². The fourth-order valence-electron chi connectivity index (χ4n) is 3.74. The molecule has 0 unspecified atom stereocenters. The molecule has 144 valence electrons. The lowest BCUT2D eigenvalue weighted by atomic mass is 10.0. The van der Waals surface area contributed by atoms with Gasteiger partial charge in [0, 0.05) is 24.4 Å². The Bertz CT molecular complexity index is 823. The van der Waals surface area contributed by atoms with Gasteiger partial charge >= 0.3 is 0 Å². The zero-order valence-electron chi connectivity index (χ0n) is 16.3. The van der Waals surface area contributed by atoms with Crippen LogP contribution >= 0.6 is 0 Å². The van der Waals surface area contributed by atoms with Crippen molar-refractivity contribution in [2.75, 3.05) is 13.1 Å². The van der Waals surface area contributed by atoms with E-state index in [0.717, 1.165) is 37.3 Å². The lowest BCUT2D eigenvalue weighted by Gasteiger charge is -2.25. The van der Waals surface area contributed by atoms with Crippen LogP contribution in [-0.2, 0) is 11.3 Å². The second-order valence-corrected chi connectivity index (χ2v) is 7.19. The number of nitrogens with one attached hydrogen (secondary N) is 1. The molecule has 1 atom stereocenters. The van der Waals surface area contributed by atoms with Gasteiger partial charge in [-0.2, -0.15) is 5.10 Å². The van der Waals surface area contributed by atoms with E-state index in [1.165, 1.54) is 29.3 Å². The third kappa shape index (κ3) is 4.46. The van der Waals surface area contributed by atoms with Crippen LogP contribution in [0, 0.1) is 20.8 Å². The predicted molar refractivity (Wildman–Crippen MR) is 105 cm³/mol. The van der Waals surface area contributed by atoms with Gasteiger partial charge in [-0.25, -0.2) is 5.48 Å². The molecule has 1 amide bonds. The highest BCUT2D eigenvalue weighted by molar-refractivity contribution is 5.90. The first-order valence-corrected chi connectivity index (χ1v) is 9.46. The van der Waals surface area contributed by atoms with Crippen molar-refractivity contribution in [3.05, 3.63) is 58.4 Å². The van der Waals surface area contributed by atoms with Gasteiger partial charge in [-0.15, -0.1) is 0 Å². The smallest absolute Gasteiger partial charge is 0.267 e. The van der Waals surface area contributed by atoms with Crippen LogP contribution < -0.4 is 5.48 Å². The van der Waals surface area contributed by atoms with Crippen LogP contribution in [0.25, 0.3) is 6.08 Å². The van der Waals surface area contributed by atoms with Crippen molar-refractivity contribution in [1.29, 1.82) is 0 Å². The summed E-state index contributed by atoms with van der Waals surface area (Å²) >= 11 is 0. The monoisotopic (exact) mass is 368 g/mol. The number of rotatable bonds is 6. The summed E-state index contributed by atoms with van der Waals surface area (Å²) in [7, 11) is 0. The first-order chi connectivity index (χ1) is 13.0. The molecule has 0 bridgehead atoms. The molecular formula is C21H28N4O2. The summed E-state index contributed by atoms with van der Waals surface area (Å²) in [6.07, 6.45) is 5.37. The zero-order valence-corrected chi connectivity index (χ0v) is 16.3. The fraction of sp³-hybridized carbons (Fsp3) is 0.429. The van der Waals surface area contributed by atoms with E-state index >= 15 is 0 Å². The molecule has 0 radical (unpaired) electrons. The third-order valence-electron chi connectivity index (χ3n) is 5.56. The van der Waals surface area contributed by atoms with Crippen molar-refractivity contribution in [3.8, 4) is 0 Å². The van der Waals surface area contributed by atoms with Crippen molar-refractivity contribution < 1.29 is 10.0 Å². The third-order valence-corrected chi connectivity index (χ3v) is 5.56. The molecular weight excluding hydrogens is 340 g/mol. The number of carbonyl (C=O) groups excluding carboxylic acids is 1. The number of aryl methyl sites for hydroxylation is 1. The van der Waals surface area contributed by atoms with Crippen molar-refractivity contribution >= 4 is 12.0 Å². The molecule has 27 heavy (non-hydrogen) atoms. The summed E-state index contributed by atoms with van der Waals surface area (Å²) in [5.41, 5.74) is 7.49. The first kappa shape index (κ1) is 19.3. The summed E-state index contributed by atoms with van der Waals surface area (Å²) in [5, 5.41) is 13.2. The van der Waals surface area contributed by atoms with Gasteiger partial charge in [0.2, 0.25) is 0 Å². The minimum absolute atomic E-state index is 0.432. The summed E-state index contributed by atoms with van der Waals surface area (Å²) in [6, 6.07) is 8.72. The molecule has 0 aliphatic carbocycles. The Morgan fingerprint density at radius 2 is 2.00 bits per heavy atom. The highest BCUT2D eigenvalue weighted by Crippen LogP contribution is 2.32. The molecule has 0 saturated carbocycles. The number of likely N-dealkylation sites (tertiary alicyclic amines) is 1. The molecule has 2 N–H and O–H groups in total. The Morgan fingerprint density at radius 3 is 2.63 bits per heavy atom. The average molecular weight is 368 g/mol. The topological polar surface area (TPSA) is 70.4 Å². The van der Waals surface area contributed by atoms with Gasteiger partial charge in [0.25, 0.3) is 5.91 Å². The summed E-state index contributed by atoms with van der Waals surface area (Å²) in [6.45, 7) is 9.35. The number of hydrogen-bond acceptors (Lipinski definition) is 4. The fourth-order valence-corrected chi connectivity index (χ4v) is 3.74. The standard InChI is InChI=1S/C21H28N4O2/c1-15-16(2)22-25(17(15)3)14-13-24-12-4-5-20(24)19-9-6-18(7-10-19)8-11-21(26)23-27/h6-11,20,27H,4-5,12-14H2,1-3H3,(H,23,26)/t20-/m0/s1. The van der Waals surface area contributed by atoms with E-state index in [-0.39, 0.29) is 0 Å². The van der Waals surface area contributed by atoms with E-state index in [9.17, 15) is 4.79 Å². The quantitative estimate of drug-likeness (QED) is 0.467. The van der Waals surface area contributed by atoms with Gasteiger partial charge in [-0.05, 0) is 62.9 Å². The average Bonchev–Trinajstić information content (AvgIpc) is 3.25. The second kappa shape index (κ2) is 8.50. The van der Waals surface area contributed by atoms with E-state index < -0.39 is 5.91 Å². The van der Waals surface area contributed by atoms with Gasteiger partial charge in [0.1, 0.15) is 0 Å². The lowest BCUT2D eigenvalue weighted by molar-refractivity contribution is -0.124. The van der Waals surface area contributed by atoms with Crippen LogP contribution in [-0.4, -0.2) is 38.9 Å². The highest BCUT2D eigenvalue weighted by Gasteiger charge is 2.25. The van der Waals surface area contributed by atoms with Crippen LogP contribution in [0.4, 0.5) is 0 Å². The van der Waals surface area contributed by atoms with Gasteiger partial charge in [-0.3, -0.25) is 19.6 Å². The van der Waals surface area contributed by atoms with Gasteiger partial charge < -0.3 is 0 Å². The minimum Gasteiger partial charge on any atom is -0.294 e. The number of carbonyl (C=O) groups is 1. The maximum atomic E-state index is 11.1. The van der Waals surface area contributed by atoms with Gasteiger partial charge in [0.05, 0.1) is 12.2 Å². The SMILES string of the molecule is Cc1nn(CCN2CCC[C@H]2c2ccc(C=CC(=O)NO)cc2)c(C)c1C. The molecule has 1 saturated heterocycles. The Kier molecular flexibility index (Phi) is 6.08. The summed E-state index contributed by atoms with van der Waals surface area (Å²) < 4.78 is 2.13. The molecule has 2 heterocycles. The Labute approximate surface area is 160 Å². The van der Waals surface area contributed by atoms with Crippen molar-refractivity contribution in [2.24, 2.45) is 0 Å². The van der Waals surface area contributed by atoms with E-state index in [1.807, 2.05) is 12.1 Å². The number of hydroxylamine groups is 1. The van der Waals surface area contributed by atoms with Gasteiger partial charge in [-0.1, -0.05) is 24.3 Å². The van der Waals surface area contributed by atoms with Gasteiger partial charge in [0.15, 0.2) is 0 Å². The number of amides is 1. The van der Waals surface area contributed by atoms with E-state index in [0.29, 0.717) is 6.04 Å². The zero-order chi connectivity index (χ0) is 19.4. The molecule has 6 nitrogen and oxygen atoms in total. The Hall–Kier alpha value is -2.44. The van der Waals surface area contributed by atoms with Crippen molar-refractivity contribution in [2.45, 2.75) is 46.2 Å². The first-order valence-electron chi connectivity index (χ1n) is 9.46. The highest BCUT2D eigenvalue weighted by atomic mass is 16.5. The maximum absolute atomic E-state index is 11.1. The minimum atomic E-state index is -0.527. The molecule has 1 aromatic carbocycles. The van der Waals surface area contributed by atoms with Crippen LogP contribution in [0.2, 0.25) is 0 Å². The molecule has 2 aromatic rings. The number of benzene rings is 1. The number of nitrogens with zero attached hydrogens (tertiary/aromatic N) is 3. The lowest BCUT2D eigenvalue weighted by Crippen LogP contribution is -2.27. The molecule has 1 fully saturated rings. The predicted octanol–water partition coefficient (Wildman–Crippen LogP) is 3.16. The van der Waals surface area contributed by atoms with E-state index in [4.69, 9.17) is 5.21 Å². The summed E-state index contributed by atoms with van der Waals surface area (Å²) in [4.78, 5) is 13.6. The van der Waals surface area contributed by atoms with Crippen LogP contribution in [0.3, 0.4) is 0 Å². The van der Waals surface area contributed by atoms with E-state index in [1.54, 1.807) is 11.6 Å². The largest absolute Gasteiger partial charge is 0.294 e. The van der Waals surface area contributed by atoms with Crippen LogP contribution in [0.1, 0.15) is 47.0 Å². The van der Waals surface area contributed by atoms with E-state index in [2.05, 4.69) is 47.6 Å².